The molecule has 0 fully saturated rings. The monoisotopic (exact) mass is 1560 g/mol. The van der Waals surface area contributed by atoms with Crippen molar-refractivity contribution in [3.05, 3.63) is 117 Å². The summed E-state index contributed by atoms with van der Waals surface area (Å²) in [6, 6.07) is 24.3. The van der Waals surface area contributed by atoms with E-state index in [0.717, 1.165) is 103 Å². The average Bonchev–Trinajstić information content (AvgIpc) is 1.23. The maximum absolute atomic E-state index is 12.3. The van der Waals surface area contributed by atoms with Gasteiger partial charge in [-0.3, -0.25) is 0 Å². The molecule has 0 radical (unpaired) electrons. The summed E-state index contributed by atoms with van der Waals surface area (Å²) in [5.41, 5.74) is 9.52. The van der Waals surface area contributed by atoms with Crippen molar-refractivity contribution in [2.45, 2.75) is 59.8 Å². The van der Waals surface area contributed by atoms with E-state index in [1.54, 1.807) is 26.4 Å². The zero-order valence-electron chi connectivity index (χ0n) is 47.0. The maximum Gasteiger partial charge on any atom is 0.514 e. The summed E-state index contributed by atoms with van der Waals surface area (Å²) < 4.78 is 57.4. The van der Waals surface area contributed by atoms with Gasteiger partial charge in [0.05, 0.1) is 76.2 Å². The van der Waals surface area contributed by atoms with Crippen LogP contribution in [0.4, 0.5) is 9.59 Å². The number of rotatable bonds is 26. The second-order valence-electron chi connectivity index (χ2n) is 18.6. The largest absolute Gasteiger partial charge is 0.514 e. The molecule has 0 spiro atoms. The van der Waals surface area contributed by atoms with Gasteiger partial charge in [-0.2, -0.15) is 0 Å². The minimum absolute atomic E-state index is 0. The lowest BCUT2D eigenvalue weighted by atomic mass is 10.1. The first-order chi connectivity index (χ1) is 41.2. The van der Waals surface area contributed by atoms with Crippen LogP contribution in [0.1, 0.15) is 57.1 Å². The zero-order chi connectivity index (χ0) is 60.7. The topological polar surface area (TPSA) is 224 Å². The van der Waals surface area contributed by atoms with Crippen LogP contribution in [-0.4, -0.2) is 141 Å². The molecule has 25 heteroatoms. The number of unbranched alkanes of at least 4 members (excludes halogenated alkanes) is 4. The summed E-state index contributed by atoms with van der Waals surface area (Å²) in [5.74, 6) is 0.678. The van der Waals surface area contributed by atoms with E-state index < -0.39 is 12.3 Å². The van der Waals surface area contributed by atoms with E-state index >= 15 is 0 Å². The van der Waals surface area contributed by atoms with Gasteiger partial charge in [0.1, 0.15) is 57.6 Å². The number of hydrogen-bond acceptors (Lipinski definition) is 19. The third-order valence-corrected chi connectivity index (χ3v) is 16.0. The maximum atomic E-state index is 12.3. The molecule has 0 aliphatic rings. The smallest absolute Gasteiger partial charge is 0.505 e. The van der Waals surface area contributed by atoms with Crippen molar-refractivity contribution in [3.8, 4) is 17.2 Å². The first kappa shape index (κ1) is 70.2. The number of aryl methyl sites for hydroxylation is 2. The normalized spacial score (nSPS) is 11.1. The van der Waals surface area contributed by atoms with Crippen LogP contribution in [0, 0.1) is 13.8 Å². The number of benzene rings is 6. The minimum Gasteiger partial charge on any atom is -0.505 e. The Balaban J connectivity index is 0.000000214. The summed E-state index contributed by atoms with van der Waals surface area (Å²) in [7, 11) is 3.41. The summed E-state index contributed by atoms with van der Waals surface area (Å²) in [6.45, 7) is 9.27. The molecule has 6 aromatic carbocycles. The van der Waals surface area contributed by atoms with Gasteiger partial charge >= 0.3 is 12.3 Å². The number of aromatic hydroxyl groups is 1. The first-order valence-electron chi connectivity index (χ1n) is 27.0. The first-order valence-corrected chi connectivity index (χ1v) is 31.8. The fourth-order valence-electron chi connectivity index (χ4n) is 8.16. The Kier molecular flexibility index (Phi) is 29.8. The third kappa shape index (κ3) is 20.3. The minimum atomic E-state index is -0.842. The zero-order valence-corrected chi connectivity index (χ0v) is 56.5. The molecule has 0 amide bonds. The number of phenolic OH excluding ortho intramolecular Hbond substituents is 1. The molecule has 0 saturated heterocycles. The average molecular weight is 1570 g/mol. The Bertz CT molecular complexity index is 3720. The predicted molar refractivity (Wildman–Crippen MR) is 354 cm³/mol. The van der Waals surface area contributed by atoms with Crippen LogP contribution in [0.2, 0.25) is 0 Å². The molecule has 3 heterocycles. The van der Waals surface area contributed by atoms with Crippen LogP contribution in [-0.2, 0) is 37.9 Å². The van der Waals surface area contributed by atoms with E-state index in [9.17, 15) is 14.7 Å². The standard InChI is InChI=1S/C24H28Br2N2O6.C23H26Br2N2O6.C13H8Br2N2O.CH4/c1-16-7-6-8-19-20(16)28-21-17(25)15-18(26)23(22(21)27-19)34-24(29)33-14-13-32-12-11-31-10-5-3-4-9-30-2;1-29-9-5-2-6-10-30-11-12-31-13-14-32-23(28)33-22-17(25)15-16(24)20-21(22)27-19-8-4-3-7-18(19)26-20;1-6-5-8(15)11-12(13(6)18)16-9-4-2-3-7(14)10(9)17-11;/h6-8,15H,3-5,9-14H2,1-2H3;3-4,7-8,15H,2,5-6,9-14H2,1H3;2-5,18H,1H3;1H4. The second-order valence-corrected chi connectivity index (χ2v) is 23.7. The lowest BCUT2D eigenvalue weighted by Crippen LogP contribution is -2.16. The van der Waals surface area contributed by atoms with Gasteiger partial charge in [0, 0.05) is 58.5 Å². The predicted octanol–water partition coefficient (Wildman–Crippen LogP) is 16.6. The molecular weight excluding hydrogens is 1500 g/mol. The molecule has 0 bridgehead atoms. The molecule has 0 atom stereocenters. The van der Waals surface area contributed by atoms with Crippen molar-refractivity contribution in [2.24, 2.45) is 0 Å². The Morgan fingerprint density at radius 1 is 0.384 bits per heavy atom. The van der Waals surface area contributed by atoms with E-state index in [-0.39, 0.29) is 51.1 Å². The second kappa shape index (κ2) is 36.5. The van der Waals surface area contributed by atoms with Gasteiger partial charge in [-0.1, -0.05) is 37.8 Å². The lowest BCUT2D eigenvalue weighted by molar-refractivity contribution is 0.0196. The van der Waals surface area contributed by atoms with Crippen LogP contribution in [0.15, 0.2) is 106 Å². The van der Waals surface area contributed by atoms with E-state index in [1.165, 1.54) is 0 Å². The molecule has 0 unspecified atom stereocenters. The van der Waals surface area contributed by atoms with Crippen molar-refractivity contribution in [1.29, 1.82) is 0 Å². The summed E-state index contributed by atoms with van der Waals surface area (Å²) in [5, 5.41) is 10.1. The highest BCUT2D eigenvalue weighted by Gasteiger charge is 2.21. The number of hydrogen-bond donors (Lipinski definition) is 1. The van der Waals surface area contributed by atoms with E-state index in [2.05, 4.69) is 120 Å². The molecule has 9 aromatic rings. The number of carbonyl (C=O) groups is 2. The molecule has 86 heavy (non-hydrogen) atoms. The van der Waals surface area contributed by atoms with Crippen LogP contribution >= 0.6 is 95.6 Å². The van der Waals surface area contributed by atoms with Crippen LogP contribution in [0.3, 0.4) is 0 Å². The van der Waals surface area contributed by atoms with Gasteiger partial charge in [-0.05, 0) is 208 Å². The third-order valence-electron chi connectivity index (χ3n) is 12.4. The number of carbonyl (C=O) groups excluding carboxylic acids is 2. The lowest BCUT2D eigenvalue weighted by Gasteiger charge is -2.12. The summed E-state index contributed by atoms with van der Waals surface area (Å²) in [6.07, 6.45) is 4.55. The SMILES string of the molecule is C.COCCCCCOCCOCCOC(=O)Oc1c(Br)cc(Br)c2nc3c(C)cccc3nc12.COCCCCCOCCOCCOC(=O)Oc1c(Br)cc(Br)c2nc3ccccc3nc12.Cc1cc(Br)c2nc3c(Br)cccc3nc2c1O. The Hall–Kier alpha value is -4.90. The summed E-state index contributed by atoms with van der Waals surface area (Å²) >= 11 is 20.8. The quantitative estimate of drug-likeness (QED) is 0.0230. The van der Waals surface area contributed by atoms with Crippen molar-refractivity contribution < 1.29 is 62.1 Å². The molecule has 460 valence electrons. The number of para-hydroxylation sites is 4. The van der Waals surface area contributed by atoms with Gasteiger partial charge in [-0.25, -0.2) is 39.5 Å². The highest BCUT2D eigenvalue weighted by atomic mass is 79.9. The van der Waals surface area contributed by atoms with Gasteiger partial charge in [0.15, 0.2) is 11.5 Å². The summed E-state index contributed by atoms with van der Waals surface area (Å²) in [4.78, 5) is 52.2. The van der Waals surface area contributed by atoms with Gasteiger partial charge in [0.25, 0.3) is 0 Å². The van der Waals surface area contributed by atoms with Crippen LogP contribution in [0.25, 0.3) is 66.2 Å². The number of fused-ring (bicyclic) bond motifs is 6. The van der Waals surface area contributed by atoms with E-state index in [1.807, 2.05) is 80.6 Å². The molecule has 0 saturated carbocycles. The van der Waals surface area contributed by atoms with Crippen LogP contribution in [0.5, 0.6) is 17.2 Å². The van der Waals surface area contributed by atoms with Crippen molar-refractivity contribution in [3.63, 3.8) is 0 Å². The van der Waals surface area contributed by atoms with Gasteiger partial charge in [-0.15, -0.1) is 0 Å². The van der Waals surface area contributed by atoms with Crippen molar-refractivity contribution in [2.75, 3.05) is 93.5 Å². The number of ether oxygens (including phenoxy) is 10. The Morgan fingerprint density at radius 3 is 1.31 bits per heavy atom. The number of aromatic nitrogens is 6. The Labute approximate surface area is 549 Å². The fraction of sp³-hybridized carbons (Fsp3) is 0.377. The highest BCUT2D eigenvalue weighted by Crippen LogP contribution is 2.40. The van der Waals surface area contributed by atoms with Gasteiger partial charge < -0.3 is 52.5 Å². The molecule has 3 aromatic heterocycles. The van der Waals surface area contributed by atoms with E-state index in [0.29, 0.717) is 92.7 Å². The van der Waals surface area contributed by atoms with Crippen molar-refractivity contribution >= 4 is 174 Å². The molecule has 1 N–H and O–H groups in total. The number of methoxy groups -OCH3 is 2. The fourth-order valence-corrected chi connectivity index (χ4v) is 11.8. The number of halogens is 6. The molecule has 9 rings (SSSR count). The van der Waals surface area contributed by atoms with Crippen molar-refractivity contribution in [1.82, 2.24) is 29.9 Å². The molecule has 0 aliphatic carbocycles. The van der Waals surface area contributed by atoms with E-state index in [4.69, 9.17) is 52.4 Å². The van der Waals surface area contributed by atoms with Crippen LogP contribution < -0.4 is 9.47 Å². The molecule has 19 nitrogen and oxygen atoms in total. The molecular formula is C61H66Br6N6O13. The highest BCUT2D eigenvalue weighted by molar-refractivity contribution is 9.11. The number of phenols is 1. The number of nitrogens with zero attached hydrogens (tertiary/aromatic N) is 6. The van der Waals surface area contributed by atoms with Gasteiger partial charge in [0.2, 0.25) is 0 Å². The molecule has 0 aliphatic heterocycles. The Morgan fingerprint density at radius 2 is 0.779 bits per heavy atom.